The Morgan fingerprint density at radius 2 is 1.87 bits per heavy atom. The van der Waals surface area contributed by atoms with Crippen LogP contribution < -0.4 is 0 Å². The number of alkyl halides is 1. The van der Waals surface area contributed by atoms with Crippen LogP contribution in [0.5, 0.6) is 0 Å². The molecule has 1 nitrogen and oxygen atoms in total. The van der Waals surface area contributed by atoms with Crippen LogP contribution in [0.4, 0.5) is 4.39 Å². The highest BCUT2D eigenvalue weighted by molar-refractivity contribution is 4.77. The van der Waals surface area contributed by atoms with Gasteiger partial charge in [-0.25, -0.2) is 4.39 Å². The molecule has 2 rings (SSSR count). The first-order valence-corrected chi connectivity index (χ1v) is 6.60. The molecule has 0 N–H and O–H groups in total. The van der Waals surface area contributed by atoms with Gasteiger partial charge >= 0.3 is 0 Å². The Morgan fingerprint density at radius 1 is 1.13 bits per heavy atom. The molecule has 0 aromatic heterocycles. The summed E-state index contributed by atoms with van der Waals surface area (Å²) < 4.78 is 13.2. The van der Waals surface area contributed by atoms with Gasteiger partial charge in [-0.15, -0.1) is 0 Å². The van der Waals surface area contributed by atoms with E-state index in [1.54, 1.807) is 0 Å². The molecule has 2 atom stereocenters. The van der Waals surface area contributed by atoms with E-state index < -0.39 is 6.17 Å². The quantitative estimate of drug-likeness (QED) is 0.680. The minimum absolute atomic E-state index is 0.507. The van der Waals surface area contributed by atoms with E-state index in [2.05, 4.69) is 11.8 Å². The second-order valence-electron chi connectivity index (χ2n) is 5.61. The molecule has 2 unspecified atom stereocenters. The van der Waals surface area contributed by atoms with E-state index in [-0.39, 0.29) is 0 Å². The number of halogens is 1. The molecule has 1 saturated heterocycles. The van der Waals surface area contributed by atoms with E-state index in [1.165, 1.54) is 32.4 Å². The van der Waals surface area contributed by atoms with Crippen molar-refractivity contribution >= 4 is 0 Å². The molecule has 0 bridgehead atoms. The molecule has 1 aliphatic heterocycles. The maximum Gasteiger partial charge on any atom is 0.100 e. The van der Waals surface area contributed by atoms with Crippen molar-refractivity contribution in [2.24, 2.45) is 11.8 Å². The minimum Gasteiger partial charge on any atom is -0.303 e. The molecule has 0 aromatic rings. The summed E-state index contributed by atoms with van der Waals surface area (Å²) in [5, 5.41) is 0. The number of hydrogen-bond donors (Lipinski definition) is 0. The zero-order valence-electron chi connectivity index (χ0n) is 9.92. The van der Waals surface area contributed by atoms with Crippen molar-refractivity contribution in [2.75, 3.05) is 19.6 Å². The fraction of sp³-hybridized carbons (Fsp3) is 1.00. The van der Waals surface area contributed by atoms with Crippen molar-refractivity contribution in [3.8, 4) is 0 Å². The lowest BCUT2D eigenvalue weighted by Crippen LogP contribution is -2.38. The summed E-state index contributed by atoms with van der Waals surface area (Å²) in [5.74, 6) is 1.55. The van der Waals surface area contributed by atoms with E-state index in [1.807, 2.05) is 0 Å². The Kier molecular flexibility index (Phi) is 4.01. The average molecular weight is 213 g/mol. The topological polar surface area (TPSA) is 3.24 Å². The summed E-state index contributed by atoms with van der Waals surface area (Å²) in [7, 11) is 0. The van der Waals surface area contributed by atoms with Crippen molar-refractivity contribution in [3.63, 3.8) is 0 Å². The Morgan fingerprint density at radius 3 is 2.53 bits per heavy atom. The van der Waals surface area contributed by atoms with E-state index in [9.17, 15) is 4.39 Å². The molecule has 2 fully saturated rings. The van der Waals surface area contributed by atoms with Gasteiger partial charge < -0.3 is 4.90 Å². The lowest BCUT2D eigenvalue weighted by atomic mass is 9.87. The molecular formula is C13H24FN. The van der Waals surface area contributed by atoms with Crippen molar-refractivity contribution in [1.82, 2.24) is 4.90 Å². The van der Waals surface area contributed by atoms with E-state index >= 15 is 0 Å². The van der Waals surface area contributed by atoms with Gasteiger partial charge in [0.05, 0.1) is 0 Å². The summed E-state index contributed by atoms with van der Waals surface area (Å²) in [5.41, 5.74) is 0. The van der Waals surface area contributed by atoms with Crippen molar-refractivity contribution in [1.29, 1.82) is 0 Å². The summed E-state index contributed by atoms with van der Waals surface area (Å²) in [4.78, 5) is 2.56. The van der Waals surface area contributed by atoms with Gasteiger partial charge in [0.2, 0.25) is 0 Å². The Hall–Kier alpha value is -0.110. The Labute approximate surface area is 93.0 Å². The van der Waals surface area contributed by atoms with Gasteiger partial charge in [0.15, 0.2) is 0 Å². The number of piperidine rings is 1. The highest BCUT2D eigenvalue weighted by atomic mass is 19.1. The Balaban J connectivity index is 1.71. The molecule has 0 amide bonds. The van der Waals surface area contributed by atoms with E-state index in [0.29, 0.717) is 5.92 Å². The molecule has 2 heteroatoms. The van der Waals surface area contributed by atoms with Gasteiger partial charge in [0.25, 0.3) is 0 Å². The highest BCUT2D eigenvalue weighted by Gasteiger charge is 2.24. The van der Waals surface area contributed by atoms with Crippen molar-refractivity contribution in [3.05, 3.63) is 0 Å². The van der Waals surface area contributed by atoms with Crippen LogP contribution in [0.25, 0.3) is 0 Å². The number of rotatable bonds is 2. The largest absolute Gasteiger partial charge is 0.303 e. The first kappa shape index (κ1) is 11.4. The van der Waals surface area contributed by atoms with Crippen molar-refractivity contribution in [2.45, 2.75) is 51.6 Å². The smallest absolute Gasteiger partial charge is 0.100 e. The third-order valence-electron chi connectivity index (χ3n) is 4.11. The van der Waals surface area contributed by atoms with E-state index in [0.717, 1.165) is 31.7 Å². The summed E-state index contributed by atoms with van der Waals surface area (Å²) in [6, 6.07) is 0. The monoisotopic (exact) mass is 213 g/mol. The molecule has 1 saturated carbocycles. The predicted octanol–water partition coefficient (Wildman–Crippen LogP) is 3.25. The fourth-order valence-corrected chi connectivity index (χ4v) is 3.00. The zero-order chi connectivity index (χ0) is 10.7. The summed E-state index contributed by atoms with van der Waals surface area (Å²) >= 11 is 0. The molecule has 88 valence electrons. The van der Waals surface area contributed by atoms with Crippen molar-refractivity contribution < 1.29 is 4.39 Å². The molecular weight excluding hydrogens is 189 g/mol. The second-order valence-corrected chi connectivity index (χ2v) is 5.61. The van der Waals surface area contributed by atoms with Crippen LogP contribution in [-0.2, 0) is 0 Å². The zero-order valence-corrected chi connectivity index (χ0v) is 9.92. The lowest BCUT2D eigenvalue weighted by Gasteiger charge is -2.34. The van der Waals surface area contributed by atoms with Crippen LogP contribution in [0.1, 0.15) is 45.4 Å². The maximum atomic E-state index is 13.2. The molecule has 0 radical (unpaired) electrons. The number of likely N-dealkylation sites (tertiary alicyclic amines) is 1. The summed E-state index contributed by atoms with van der Waals surface area (Å²) in [6.45, 7) is 5.99. The predicted molar refractivity (Wildman–Crippen MR) is 61.7 cm³/mol. The molecule has 1 aliphatic carbocycles. The van der Waals surface area contributed by atoms with Crippen LogP contribution >= 0.6 is 0 Å². The molecule has 0 aromatic carbocycles. The molecule has 15 heavy (non-hydrogen) atoms. The second kappa shape index (κ2) is 5.29. The number of nitrogens with zero attached hydrogens (tertiary/aromatic N) is 1. The van der Waals surface area contributed by atoms with Gasteiger partial charge in [-0.3, -0.25) is 0 Å². The molecule has 0 spiro atoms. The van der Waals surface area contributed by atoms with Gasteiger partial charge in [-0.1, -0.05) is 13.3 Å². The minimum atomic E-state index is -0.507. The highest BCUT2D eigenvalue weighted by Crippen LogP contribution is 2.28. The average Bonchev–Trinajstić information content (AvgIpc) is 2.22. The van der Waals surface area contributed by atoms with E-state index in [4.69, 9.17) is 0 Å². The first-order valence-electron chi connectivity index (χ1n) is 6.60. The molecule has 1 heterocycles. The Bertz CT molecular complexity index is 187. The van der Waals surface area contributed by atoms with Crippen LogP contribution in [0, 0.1) is 11.8 Å². The first-order chi connectivity index (χ1) is 7.24. The SMILES string of the molecule is CC1CCN(CC2CCCC(F)C2)CC1. The van der Waals surface area contributed by atoms with Gasteiger partial charge in [-0.2, -0.15) is 0 Å². The third kappa shape index (κ3) is 3.44. The molecule has 2 aliphatic rings. The van der Waals surface area contributed by atoms with Crippen LogP contribution in [0.3, 0.4) is 0 Å². The third-order valence-corrected chi connectivity index (χ3v) is 4.11. The lowest BCUT2D eigenvalue weighted by molar-refractivity contribution is 0.123. The van der Waals surface area contributed by atoms with Crippen LogP contribution in [-0.4, -0.2) is 30.7 Å². The van der Waals surface area contributed by atoms with Gasteiger partial charge in [0, 0.05) is 6.54 Å². The van der Waals surface area contributed by atoms with Gasteiger partial charge in [0.1, 0.15) is 6.17 Å². The normalized spacial score (nSPS) is 35.6. The standard InChI is InChI=1S/C13H24FN/c1-11-5-7-15(8-6-11)10-12-3-2-4-13(14)9-12/h11-13H,2-10H2,1H3. The van der Waals surface area contributed by atoms with Crippen LogP contribution in [0.2, 0.25) is 0 Å². The maximum absolute atomic E-state index is 13.2. The fourth-order valence-electron chi connectivity index (χ4n) is 3.00. The number of hydrogen-bond acceptors (Lipinski definition) is 1. The summed E-state index contributed by atoms with van der Waals surface area (Å²) in [6.07, 6.45) is 6.17. The van der Waals surface area contributed by atoms with Crippen LogP contribution in [0.15, 0.2) is 0 Å². The van der Waals surface area contributed by atoms with Gasteiger partial charge in [-0.05, 0) is 57.0 Å².